The van der Waals surface area contributed by atoms with Gasteiger partial charge >= 0.3 is 0 Å². The molecule has 0 aliphatic carbocycles. The molecule has 0 spiro atoms. The zero-order valence-electron chi connectivity index (χ0n) is 8.43. The van der Waals surface area contributed by atoms with Crippen LogP contribution in [0.25, 0.3) is 0 Å². The molecular weight excluding hydrogens is 188 g/mol. The first-order valence-electron chi connectivity index (χ1n) is 4.68. The Kier molecular flexibility index (Phi) is 8.50. The number of halogens is 2. The minimum atomic E-state index is -2.39. The molecule has 2 N–H and O–H groups in total. The second-order valence-electron chi connectivity index (χ2n) is 2.98. The lowest BCUT2D eigenvalue weighted by Gasteiger charge is -2.09. The average molecular weight is 205 g/mol. The van der Waals surface area contributed by atoms with Crippen LogP contribution in [0.1, 0.15) is 26.2 Å². The Bertz CT molecular complexity index is 186. The van der Waals surface area contributed by atoms with Crippen LogP contribution in [-0.2, 0) is 4.74 Å². The van der Waals surface area contributed by atoms with E-state index in [0.29, 0.717) is 13.0 Å². The van der Waals surface area contributed by atoms with Crippen LogP contribution in [-0.4, -0.2) is 25.7 Å². The Morgan fingerprint density at radius 2 is 2.07 bits per heavy atom. The summed E-state index contributed by atoms with van der Waals surface area (Å²) in [5, 5.41) is 0. The molecule has 0 saturated heterocycles. The Morgan fingerprint density at radius 1 is 1.36 bits per heavy atom. The van der Waals surface area contributed by atoms with Crippen molar-refractivity contribution >= 4 is 0 Å². The molecule has 0 bridgehead atoms. The lowest BCUT2D eigenvalue weighted by Crippen LogP contribution is -2.22. The van der Waals surface area contributed by atoms with Gasteiger partial charge in [-0.15, -0.1) is 11.8 Å². The van der Waals surface area contributed by atoms with Crippen molar-refractivity contribution in [3.63, 3.8) is 0 Å². The summed E-state index contributed by atoms with van der Waals surface area (Å²) in [5.74, 6) is 5.67. The summed E-state index contributed by atoms with van der Waals surface area (Å²) in [5.41, 5.74) is 5.70. The number of hydrogen-bond donors (Lipinski definition) is 1. The highest BCUT2D eigenvalue weighted by molar-refractivity contribution is 4.95. The van der Waals surface area contributed by atoms with Gasteiger partial charge in [-0.25, -0.2) is 8.78 Å². The van der Waals surface area contributed by atoms with Gasteiger partial charge in [-0.05, 0) is 19.8 Å². The highest BCUT2D eigenvalue weighted by Gasteiger charge is 2.04. The number of nitrogens with two attached hydrogens (primary N) is 1. The van der Waals surface area contributed by atoms with Crippen LogP contribution in [0.2, 0.25) is 0 Å². The lowest BCUT2D eigenvalue weighted by molar-refractivity contribution is 0.0151. The minimum Gasteiger partial charge on any atom is -0.375 e. The van der Waals surface area contributed by atoms with Crippen molar-refractivity contribution in [2.45, 2.75) is 38.7 Å². The summed E-state index contributed by atoms with van der Waals surface area (Å²) < 4.78 is 28.0. The van der Waals surface area contributed by atoms with E-state index in [0.717, 1.165) is 12.8 Å². The van der Waals surface area contributed by atoms with Crippen molar-refractivity contribution in [2.24, 2.45) is 5.73 Å². The van der Waals surface area contributed by atoms with Crippen molar-refractivity contribution in [3.8, 4) is 11.8 Å². The quantitative estimate of drug-likeness (QED) is 0.508. The molecule has 0 aromatic heterocycles. The van der Waals surface area contributed by atoms with Gasteiger partial charge in [0.05, 0.1) is 0 Å². The molecule has 0 saturated carbocycles. The lowest BCUT2D eigenvalue weighted by atomic mass is 10.1. The molecule has 4 heteroatoms. The second-order valence-corrected chi connectivity index (χ2v) is 2.98. The molecule has 1 atom stereocenters. The third-order valence-electron chi connectivity index (χ3n) is 1.69. The number of ether oxygens (including phenoxy) is 1. The monoisotopic (exact) mass is 205 g/mol. The van der Waals surface area contributed by atoms with E-state index < -0.39 is 13.0 Å². The van der Waals surface area contributed by atoms with Gasteiger partial charge in [0, 0.05) is 19.1 Å². The van der Waals surface area contributed by atoms with Gasteiger partial charge in [0.25, 0.3) is 6.43 Å². The van der Waals surface area contributed by atoms with E-state index in [1.807, 2.05) is 0 Å². The highest BCUT2D eigenvalue weighted by atomic mass is 19.3. The third-order valence-corrected chi connectivity index (χ3v) is 1.69. The maximum absolute atomic E-state index is 11.6. The Morgan fingerprint density at radius 3 is 2.64 bits per heavy atom. The molecule has 0 aliphatic rings. The fraction of sp³-hybridized carbons (Fsp3) is 0.800. The van der Waals surface area contributed by atoms with Gasteiger partial charge in [-0.2, -0.15) is 0 Å². The zero-order valence-corrected chi connectivity index (χ0v) is 8.43. The van der Waals surface area contributed by atoms with Crippen molar-refractivity contribution in [3.05, 3.63) is 0 Å². The number of rotatable bonds is 7. The van der Waals surface area contributed by atoms with Crippen molar-refractivity contribution < 1.29 is 13.5 Å². The summed E-state index contributed by atoms with van der Waals surface area (Å²) in [7, 11) is 0. The van der Waals surface area contributed by atoms with Crippen LogP contribution in [0.15, 0.2) is 0 Å². The molecule has 2 nitrogen and oxygen atoms in total. The molecule has 0 aliphatic heterocycles. The molecular formula is C10H17F2NO. The molecule has 14 heavy (non-hydrogen) atoms. The highest BCUT2D eigenvalue weighted by Crippen LogP contribution is 2.00. The molecule has 0 fully saturated rings. The third kappa shape index (κ3) is 9.43. The first kappa shape index (κ1) is 13.3. The maximum Gasteiger partial charge on any atom is 0.261 e. The van der Waals surface area contributed by atoms with Gasteiger partial charge in [0.2, 0.25) is 0 Å². The molecule has 0 amide bonds. The summed E-state index contributed by atoms with van der Waals surface area (Å²) in [6, 6.07) is -0.00600. The minimum absolute atomic E-state index is 0.00600. The van der Waals surface area contributed by atoms with Gasteiger partial charge in [-0.1, -0.05) is 0 Å². The SMILES string of the molecule is CC#CCCC(N)CCOCC(F)F. The second kappa shape index (κ2) is 8.92. The smallest absolute Gasteiger partial charge is 0.261 e. The first-order valence-corrected chi connectivity index (χ1v) is 4.68. The van der Waals surface area contributed by atoms with E-state index in [1.165, 1.54) is 0 Å². The predicted molar refractivity (Wildman–Crippen MR) is 52.1 cm³/mol. The molecule has 0 heterocycles. The van der Waals surface area contributed by atoms with Gasteiger partial charge in [0.15, 0.2) is 0 Å². The molecule has 0 rings (SSSR count). The van der Waals surface area contributed by atoms with E-state index in [-0.39, 0.29) is 6.04 Å². The molecule has 0 aromatic rings. The van der Waals surface area contributed by atoms with E-state index in [4.69, 9.17) is 10.5 Å². The maximum atomic E-state index is 11.6. The molecule has 0 radical (unpaired) electrons. The van der Waals surface area contributed by atoms with Crippen LogP contribution in [0.4, 0.5) is 8.78 Å². The Balaban J connectivity index is 3.25. The zero-order chi connectivity index (χ0) is 10.8. The Labute approximate surface area is 83.8 Å². The van der Waals surface area contributed by atoms with Crippen molar-refractivity contribution in [1.82, 2.24) is 0 Å². The molecule has 82 valence electrons. The normalized spacial score (nSPS) is 12.4. The van der Waals surface area contributed by atoms with Crippen LogP contribution in [0.3, 0.4) is 0 Å². The number of alkyl halides is 2. The summed E-state index contributed by atoms with van der Waals surface area (Å²) in [6.07, 6.45) is -0.235. The van der Waals surface area contributed by atoms with Gasteiger partial charge in [-0.3, -0.25) is 0 Å². The summed E-state index contributed by atoms with van der Waals surface area (Å²) in [6.45, 7) is 1.57. The largest absolute Gasteiger partial charge is 0.375 e. The fourth-order valence-corrected chi connectivity index (χ4v) is 0.934. The summed E-state index contributed by atoms with van der Waals surface area (Å²) in [4.78, 5) is 0. The van der Waals surface area contributed by atoms with Crippen molar-refractivity contribution in [2.75, 3.05) is 13.2 Å². The van der Waals surface area contributed by atoms with Crippen LogP contribution < -0.4 is 5.73 Å². The van der Waals surface area contributed by atoms with E-state index in [9.17, 15) is 8.78 Å². The van der Waals surface area contributed by atoms with E-state index in [2.05, 4.69) is 11.8 Å². The van der Waals surface area contributed by atoms with Crippen LogP contribution >= 0.6 is 0 Å². The van der Waals surface area contributed by atoms with Gasteiger partial charge in [0.1, 0.15) is 6.61 Å². The average Bonchev–Trinajstić information content (AvgIpc) is 2.13. The molecule has 0 aromatic carbocycles. The van der Waals surface area contributed by atoms with E-state index in [1.54, 1.807) is 6.92 Å². The number of hydrogen-bond acceptors (Lipinski definition) is 2. The summed E-state index contributed by atoms with van der Waals surface area (Å²) >= 11 is 0. The molecule has 1 unspecified atom stereocenters. The first-order chi connectivity index (χ1) is 6.66. The van der Waals surface area contributed by atoms with Crippen molar-refractivity contribution in [1.29, 1.82) is 0 Å². The van der Waals surface area contributed by atoms with E-state index >= 15 is 0 Å². The standard InChI is InChI=1S/C10H17F2NO/c1-2-3-4-5-9(13)6-7-14-8-10(11)12/h9-10H,4-8,13H2,1H3. The van der Waals surface area contributed by atoms with Gasteiger partial charge < -0.3 is 10.5 Å². The predicted octanol–water partition coefficient (Wildman–Crippen LogP) is 1.79. The van der Waals surface area contributed by atoms with Crippen LogP contribution in [0, 0.1) is 11.8 Å². The fourth-order valence-electron chi connectivity index (χ4n) is 0.934. The topological polar surface area (TPSA) is 35.2 Å². The van der Waals surface area contributed by atoms with Crippen LogP contribution in [0.5, 0.6) is 0 Å². The Hall–Kier alpha value is -0.660.